The van der Waals surface area contributed by atoms with E-state index in [1.165, 1.54) is 0 Å². The SMILES string of the molecule is C=CC(=O)OS.CCC(CO)(CO)CO. The van der Waals surface area contributed by atoms with Crippen LogP contribution in [0.25, 0.3) is 0 Å². The molecule has 0 saturated heterocycles. The topological polar surface area (TPSA) is 87.0 Å². The van der Waals surface area contributed by atoms with Gasteiger partial charge in [-0.25, -0.2) is 4.79 Å². The third-order valence-corrected chi connectivity index (χ3v) is 2.19. The van der Waals surface area contributed by atoms with Crippen LogP contribution >= 0.6 is 12.9 Å². The van der Waals surface area contributed by atoms with Crippen LogP contribution < -0.4 is 0 Å². The quantitative estimate of drug-likeness (QED) is 0.306. The number of aliphatic hydroxyl groups is 3. The molecule has 0 aromatic rings. The molecule has 0 radical (unpaired) electrons. The van der Waals surface area contributed by atoms with Gasteiger partial charge in [-0.1, -0.05) is 13.5 Å². The molecule has 0 rings (SSSR count). The molecule has 0 atom stereocenters. The lowest BCUT2D eigenvalue weighted by atomic mass is 9.88. The summed E-state index contributed by atoms with van der Waals surface area (Å²) in [6.07, 6.45) is 1.63. The smallest absolute Gasteiger partial charge is 0.341 e. The molecule has 0 unspecified atom stereocenters. The molecule has 0 saturated carbocycles. The maximum atomic E-state index is 9.76. The van der Waals surface area contributed by atoms with Crippen LogP contribution in [0.4, 0.5) is 0 Å². The van der Waals surface area contributed by atoms with Gasteiger partial charge in [0.15, 0.2) is 0 Å². The van der Waals surface area contributed by atoms with Crippen molar-refractivity contribution in [3.8, 4) is 0 Å². The number of hydrogen-bond acceptors (Lipinski definition) is 6. The van der Waals surface area contributed by atoms with Gasteiger partial charge in [0.05, 0.1) is 19.8 Å². The predicted molar refractivity (Wildman–Crippen MR) is 59.3 cm³/mol. The van der Waals surface area contributed by atoms with Crippen molar-refractivity contribution < 1.29 is 24.3 Å². The molecule has 0 aromatic heterocycles. The second-order valence-electron chi connectivity index (χ2n) is 2.94. The van der Waals surface area contributed by atoms with Gasteiger partial charge in [-0.05, 0) is 6.42 Å². The van der Waals surface area contributed by atoms with Gasteiger partial charge in [-0.3, -0.25) is 0 Å². The zero-order valence-corrected chi connectivity index (χ0v) is 9.61. The minimum absolute atomic E-state index is 0.156. The highest BCUT2D eigenvalue weighted by Gasteiger charge is 2.24. The molecule has 90 valence electrons. The third-order valence-electron chi connectivity index (χ3n) is 2.01. The molecule has 0 aliphatic heterocycles. The van der Waals surface area contributed by atoms with E-state index in [1.54, 1.807) is 0 Å². The molecule has 0 bridgehead atoms. The maximum Gasteiger partial charge on any atom is 0.341 e. The van der Waals surface area contributed by atoms with Crippen molar-refractivity contribution in [2.45, 2.75) is 13.3 Å². The fraction of sp³-hybridized carbons (Fsp3) is 0.667. The van der Waals surface area contributed by atoms with E-state index < -0.39 is 11.4 Å². The highest BCUT2D eigenvalue weighted by molar-refractivity contribution is 7.75. The molecule has 0 aliphatic rings. The van der Waals surface area contributed by atoms with Crippen molar-refractivity contribution in [3.05, 3.63) is 12.7 Å². The summed E-state index contributed by atoms with van der Waals surface area (Å²) < 4.78 is 3.84. The Bertz CT molecular complexity index is 162. The van der Waals surface area contributed by atoms with Crippen LogP contribution in [0.15, 0.2) is 12.7 Å². The summed E-state index contributed by atoms with van der Waals surface area (Å²) in [6, 6.07) is 0. The fourth-order valence-corrected chi connectivity index (χ4v) is 0.597. The molecular formula is C9H18O5S. The number of rotatable bonds is 5. The van der Waals surface area contributed by atoms with Crippen LogP contribution in [0.1, 0.15) is 13.3 Å². The molecule has 0 aromatic carbocycles. The van der Waals surface area contributed by atoms with E-state index in [-0.39, 0.29) is 19.8 Å². The Kier molecular flexibility index (Phi) is 11.2. The average Bonchev–Trinajstić information content (AvgIpc) is 2.32. The van der Waals surface area contributed by atoms with E-state index in [4.69, 9.17) is 15.3 Å². The number of hydrogen-bond donors (Lipinski definition) is 4. The van der Waals surface area contributed by atoms with Crippen molar-refractivity contribution in [2.24, 2.45) is 5.41 Å². The van der Waals surface area contributed by atoms with Gasteiger partial charge in [0.2, 0.25) is 0 Å². The first-order valence-electron chi connectivity index (χ1n) is 4.36. The van der Waals surface area contributed by atoms with Crippen LogP contribution in [-0.4, -0.2) is 41.1 Å². The Morgan fingerprint density at radius 3 is 1.80 bits per heavy atom. The number of carbonyl (C=O) groups is 1. The largest absolute Gasteiger partial charge is 0.396 e. The zero-order chi connectivity index (χ0) is 12.3. The lowest BCUT2D eigenvalue weighted by Crippen LogP contribution is -2.32. The first-order chi connectivity index (χ1) is 7.05. The van der Waals surface area contributed by atoms with Gasteiger partial charge in [0.1, 0.15) is 0 Å². The van der Waals surface area contributed by atoms with Crippen LogP contribution in [-0.2, 0) is 8.98 Å². The van der Waals surface area contributed by atoms with Crippen LogP contribution in [0.2, 0.25) is 0 Å². The summed E-state index contributed by atoms with van der Waals surface area (Å²) in [5.74, 6) is -0.529. The van der Waals surface area contributed by atoms with Crippen molar-refractivity contribution in [2.75, 3.05) is 19.8 Å². The van der Waals surface area contributed by atoms with Gasteiger partial charge in [-0.2, -0.15) is 0 Å². The summed E-state index contributed by atoms with van der Waals surface area (Å²) in [5, 5.41) is 26.0. The number of aliphatic hydroxyl groups excluding tert-OH is 3. The summed E-state index contributed by atoms with van der Waals surface area (Å²) in [6.45, 7) is 4.46. The first kappa shape index (κ1) is 16.9. The lowest BCUT2D eigenvalue weighted by Gasteiger charge is -2.24. The van der Waals surface area contributed by atoms with Crippen LogP contribution in [0.3, 0.4) is 0 Å². The Balaban J connectivity index is 0. The summed E-state index contributed by atoms with van der Waals surface area (Å²) in [7, 11) is 0. The standard InChI is InChI=1S/C6H14O3.C3H4O2S/c1-2-6(3-7,4-8)5-9;1-2-3(4)5-6/h7-9H,2-5H2,1H3;2,6H,1H2. The second kappa shape index (κ2) is 9.97. The highest BCUT2D eigenvalue weighted by atomic mass is 32.1. The molecular weight excluding hydrogens is 220 g/mol. The predicted octanol–water partition coefficient (Wildman–Crippen LogP) is -0.0799. The summed E-state index contributed by atoms with van der Waals surface area (Å²) in [5.41, 5.74) is -0.667. The molecule has 0 aliphatic carbocycles. The van der Waals surface area contributed by atoms with E-state index in [2.05, 4.69) is 23.7 Å². The van der Waals surface area contributed by atoms with E-state index in [0.29, 0.717) is 6.42 Å². The minimum Gasteiger partial charge on any atom is -0.396 e. The Hall–Kier alpha value is -0.560. The minimum atomic E-state index is -0.667. The molecule has 0 spiro atoms. The van der Waals surface area contributed by atoms with Crippen molar-refractivity contribution in [3.63, 3.8) is 0 Å². The van der Waals surface area contributed by atoms with Crippen molar-refractivity contribution in [1.29, 1.82) is 0 Å². The van der Waals surface area contributed by atoms with Gasteiger partial charge in [0.25, 0.3) is 0 Å². The molecule has 15 heavy (non-hydrogen) atoms. The summed E-state index contributed by atoms with van der Waals surface area (Å²) >= 11 is 3.17. The average molecular weight is 238 g/mol. The van der Waals surface area contributed by atoms with E-state index in [0.717, 1.165) is 6.08 Å². The van der Waals surface area contributed by atoms with Crippen molar-refractivity contribution >= 4 is 18.9 Å². The van der Waals surface area contributed by atoms with E-state index in [1.807, 2.05) is 6.92 Å². The van der Waals surface area contributed by atoms with Gasteiger partial charge >= 0.3 is 5.97 Å². The van der Waals surface area contributed by atoms with Gasteiger partial charge in [0, 0.05) is 24.4 Å². The maximum absolute atomic E-state index is 9.76. The molecule has 3 N–H and O–H groups in total. The zero-order valence-electron chi connectivity index (χ0n) is 8.72. The lowest BCUT2D eigenvalue weighted by molar-refractivity contribution is -0.127. The van der Waals surface area contributed by atoms with Gasteiger partial charge < -0.3 is 19.5 Å². The Morgan fingerprint density at radius 1 is 1.40 bits per heavy atom. The molecule has 6 heteroatoms. The second-order valence-corrected chi connectivity index (χ2v) is 3.12. The molecule has 0 amide bonds. The third kappa shape index (κ3) is 7.38. The van der Waals surface area contributed by atoms with E-state index in [9.17, 15) is 4.79 Å². The molecule has 0 fully saturated rings. The molecule has 0 heterocycles. The summed E-state index contributed by atoms with van der Waals surface area (Å²) in [4.78, 5) is 9.76. The monoisotopic (exact) mass is 238 g/mol. The number of carbonyl (C=O) groups excluding carboxylic acids is 1. The normalized spacial score (nSPS) is 9.93. The van der Waals surface area contributed by atoms with Gasteiger partial charge in [-0.15, -0.1) is 0 Å². The Morgan fingerprint density at radius 2 is 1.80 bits per heavy atom. The first-order valence-corrected chi connectivity index (χ1v) is 4.72. The Labute approximate surface area is 95.0 Å². The van der Waals surface area contributed by atoms with Crippen LogP contribution in [0.5, 0.6) is 0 Å². The molecule has 5 nitrogen and oxygen atoms in total. The van der Waals surface area contributed by atoms with E-state index >= 15 is 0 Å². The van der Waals surface area contributed by atoms with Crippen LogP contribution in [0, 0.1) is 5.41 Å². The van der Waals surface area contributed by atoms with Crippen molar-refractivity contribution in [1.82, 2.24) is 0 Å². The highest BCUT2D eigenvalue weighted by Crippen LogP contribution is 2.18. The number of thiol groups is 1. The fourth-order valence-electron chi connectivity index (χ4n) is 0.523.